The summed E-state index contributed by atoms with van der Waals surface area (Å²) in [6.45, 7) is 1.59. The standard InChI is InChI=1S/C22H20F3N4O6PS/c1-4-36(33)28(2)19(31)17(20(32)29(36)3)18(30)26-12-5-7-13(8-6-12)34-21-27-15-10-9-14(11-16(15)37-21)35-22(23,24)25/h5-11,17H,4H2,1-3H3,(H,26,30). The van der Waals surface area contributed by atoms with Gasteiger partial charge in [0.15, 0.2) is 5.92 Å². The second kappa shape index (κ2) is 9.67. The van der Waals surface area contributed by atoms with Crippen LogP contribution in [-0.2, 0) is 18.9 Å². The second-order valence-electron chi connectivity index (χ2n) is 7.91. The number of halogens is 3. The molecule has 1 N–H and O–H groups in total. The lowest BCUT2D eigenvalue weighted by Crippen LogP contribution is -2.53. The maximum absolute atomic E-state index is 12.9. The number of aromatic nitrogens is 1. The van der Waals surface area contributed by atoms with Crippen molar-refractivity contribution in [1.82, 2.24) is 14.3 Å². The minimum absolute atomic E-state index is 0.0600. The van der Waals surface area contributed by atoms with E-state index in [-0.39, 0.29) is 22.8 Å². The normalized spacial score (nSPS) is 20.3. The molecule has 37 heavy (non-hydrogen) atoms. The molecule has 3 aromatic rings. The number of anilines is 1. The van der Waals surface area contributed by atoms with Crippen LogP contribution in [0.15, 0.2) is 42.5 Å². The molecule has 0 bridgehead atoms. The number of ether oxygens (including phenoxy) is 2. The van der Waals surface area contributed by atoms with Crippen molar-refractivity contribution in [2.24, 2.45) is 5.92 Å². The van der Waals surface area contributed by atoms with Crippen molar-refractivity contribution in [1.29, 1.82) is 0 Å². The lowest BCUT2D eigenvalue weighted by molar-refractivity contribution is -0.274. The summed E-state index contributed by atoms with van der Waals surface area (Å²) in [5.74, 6) is -4.28. The molecule has 2 aromatic carbocycles. The summed E-state index contributed by atoms with van der Waals surface area (Å²) >= 11 is 1.01. The average molecular weight is 556 g/mol. The number of alkyl halides is 3. The van der Waals surface area contributed by atoms with E-state index >= 15 is 0 Å². The van der Waals surface area contributed by atoms with Crippen LogP contribution in [-0.4, -0.2) is 58.7 Å². The van der Waals surface area contributed by atoms with E-state index in [1.54, 1.807) is 6.92 Å². The molecule has 10 nitrogen and oxygen atoms in total. The number of fused-ring (bicyclic) bond motifs is 1. The van der Waals surface area contributed by atoms with Crippen molar-refractivity contribution in [2.45, 2.75) is 13.3 Å². The number of benzene rings is 2. The summed E-state index contributed by atoms with van der Waals surface area (Å²) in [7, 11) is -0.803. The molecule has 1 fully saturated rings. The predicted octanol–water partition coefficient (Wildman–Crippen LogP) is 4.69. The zero-order chi connectivity index (χ0) is 27.1. The van der Waals surface area contributed by atoms with E-state index in [1.165, 1.54) is 50.5 Å². The molecule has 1 aliphatic rings. The van der Waals surface area contributed by atoms with Crippen molar-refractivity contribution in [3.05, 3.63) is 42.5 Å². The van der Waals surface area contributed by atoms with Gasteiger partial charge < -0.3 is 14.8 Å². The molecule has 4 rings (SSSR count). The van der Waals surface area contributed by atoms with Crippen LogP contribution >= 0.6 is 18.8 Å². The van der Waals surface area contributed by atoms with Crippen molar-refractivity contribution in [3.63, 3.8) is 0 Å². The Labute approximate surface area is 212 Å². The number of hydrogen-bond donors (Lipinski definition) is 1. The Bertz CT molecular complexity index is 1400. The predicted molar refractivity (Wildman–Crippen MR) is 129 cm³/mol. The molecule has 0 aliphatic carbocycles. The number of carbonyl (C=O) groups is 3. The van der Waals surface area contributed by atoms with Gasteiger partial charge in [-0.05, 0) is 36.4 Å². The van der Waals surface area contributed by atoms with Crippen LogP contribution in [0, 0.1) is 5.92 Å². The van der Waals surface area contributed by atoms with Crippen molar-refractivity contribution in [3.8, 4) is 16.7 Å². The topological polar surface area (TPSA) is 118 Å². The Morgan fingerprint density at radius 1 is 1.08 bits per heavy atom. The van der Waals surface area contributed by atoms with Crippen LogP contribution in [0.1, 0.15) is 6.92 Å². The van der Waals surface area contributed by atoms with E-state index in [9.17, 15) is 32.1 Å². The number of hydrogen-bond acceptors (Lipinski definition) is 8. The lowest BCUT2D eigenvalue weighted by Gasteiger charge is -2.41. The summed E-state index contributed by atoms with van der Waals surface area (Å²) in [5.41, 5.74) is 0.688. The van der Waals surface area contributed by atoms with Crippen LogP contribution < -0.4 is 14.8 Å². The number of amides is 3. The smallest absolute Gasteiger partial charge is 0.431 e. The van der Waals surface area contributed by atoms with Crippen LogP contribution in [0.3, 0.4) is 0 Å². The van der Waals surface area contributed by atoms with Crippen LogP contribution in [0.2, 0.25) is 0 Å². The lowest BCUT2D eigenvalue weighted by atomic mass is 10.1. The number of nitrogens with zero attached hydrogens (tertiary/aromatic N) is 3. The molecule has 0 unspecified atom stereocenters. The van der Waals surface area contributed by atoms with Gasteiger partial charge in [-0.1, -0.05) is 18.3 Å². The van der Waals surface area contributed by atoms with E-state index in [4.69, 9.17) is 4.74 Å². The zero-order valence-electron chi connectivity index (χ0n) is 19.6. The quantitative estimate of drug-likeness (QED) is 0.346. The summed E-state index contributed by atoms with van der Waals surface area (Å²) in [6.07, 6.45) is -4.75. The second-order valence-corrected chi connectivity index (χ2v) is 12.1. The highest BCUT2D eigenvalue weighted by atomic mass is 32.1. The Morgan fingerprint density at radius 2 is 1.68 bits per heavy atom. The molecule has 196 valence electrons. The summed E-state index contributed by atoms with van der Waals surface area (Å²) in [4.78, 5) is 42.3. The first-order chi connectivity index (χ1) is 17.3. The van der Waals surface area contributed by atoms with Crippen LogP contribution in [0.5, 0.6) is 16.7 Å². The fraction of sp³-hybridized carbons (Fsp3) is 0.273. The average Bonchev–Trinajstić information content (AvgIpc) is 3.23. The Balaban J connectivity index is 1.44. The Kier molecular flexibility index (Phi) is 6.91. The third kappa shape index (κ3) is 5.25. The molecular weight excluding hydrogens is 536 g/mol. The van der Waals surface area contributed by atoms with Crippen LogP contribution in [0.4, 0.5) is 18.9 Å². The number of rotatable bonds is 6. The van der Waals surface area contributed by atoms with Gasteiger partial charge in [0.05, 0.1) is 10.2 Å². The first kappa shape index (κ1) is 26.4. The maximum Gasteiger partial charge on any atom is 0.573 e. The van der Waals surface area contributed by atoms with Crippen molar-refractivity contribution >= 4 is 52.4 Å². The summed E-state index contributed by atoms with van der Waals surface area (Å²) in [6, 6.07) is 9.65. The monoisotopic (exact) mass is 556 g/mol. The number of thiazole rings is 1. The first-order valence-corrected chi connectivity index (χ1v) is 13.3. The van der Waals surface area contributed by atoms with Gasteiger partial charge in [-0.3, -0.25) is 28.3 Å². The molecule has 3 amide bonds. The maximum atomic E-state index is 12.9. The highest BCUT2D eigenvalue weighted by molar-refractivity contribution is 7.60. The van der Waals surface area contributed by atoms with E-state index < -0.39 is 37.4 Å². The zero-order valence-corrected chi connectivity index (χ0v) is 21.3. The SMILES string of the molecule is CCP1(=O)N(C)C(=O)C(C(=O)Nc2ccc(Oc3nc4ccc(OC(F)(F)F)cc4s3)cc2)C(=O)N1C. The van der Waals surface area contributed by atoms with Gasteiger partial charge in [0, 0.05) is 32.0 Å². The third-order valence-electron chi connectivity index (χ3n) is 5.64. The van der Waals surface area contributed by atoms with E-state index in [1.807, 2.05) is 0 Å². The molecule has 2 heterocycles. The van der Waals surface area contributed by atoms with Gasteiger partial charge in [0.2, 0.25) is 5.91 Å². The largest absolute Gasteiger partial charge is 0.573 e. The Hall–Kier alpha value is -3.64. The van der Waals surface area contributed by atoms with E-state index in [0.29, 0.717) is 16.0 Å². The minimum atomic E-state index is -4.81. The van der Waals surface area contributed by atoms with Crippen molar-refractivity contribution in [2.75, 3.05) is 25.6 Å². The van der Waals surface area contributed by atoms with Crippen LogP contribution in [0.25, 0.3) is 10.2 Å². The van der Waals surface area contributed by atoms with E-state index in [0.717, 1.165) is 26.7 Å². The molecule has 1 aromatic heterocycles. The molecule has 0 spiro atoms. The van der Waals surface area contributed by atoms with Gasteiger partial charge in [-0.15, -0.1) is 13.2 Å². The highest BCUT2D eigenvalue weighted by Crippen LogP contribution is 2.54. The fourth-order valence-corrected chi connectivity index (χ4v) is 6.64. The molecule has 15 heteroatoms. The van der Waals surface area contributed by atoms with Gasteiger partial charge in [0.1, 0.15) is 11.5 Å². The van der Waals surface area contributed by atoms with Gasteiger partial charge in [-0.2, -0.15) is 0 Å². The molecule has 0 saturated carbocycles. The molecule has 0 atom stereocenters. The Morgan fingerprint density at radius 3 is 2.24 bits per heavy atom. The van der Waals surface area contributed by atoms with Gasteiger partial charge in [0.25, 0.3) is 24.5 Å². The minimum Gasteiger partial charge on any atom is -0.431 e. The molecule has 1 saturated heterocycles. The summed E-state index contributed by atoms with van der Waals surface area (Å²) in [5, 5.41) is 2.67. The molecule has 1 aliphatic heterocycles. The first-order valence-electron chi connectivity index (χ1n) is 10.7. The molecule has 0 radical (unpaired) electrons. The third-order valence-corrected chi connectivity index (χ3v) is 9.63. The van der Waals surface area contributed by atoms with Gasteiger partial charge >= 0.3 is 6.36 Å². The van der Waals surface area contributed by atoms with Crippen molar-refractivity contribution < 1.29 is 41.6 Å². The number of nitrogens with one attached hydrogen (secondary N) is 1. The highest BCUT2D eigenvalue weighted by Gasteiger charge is 2.52. The fourth-order valence-electron chi connectivity index (χ4n) is 3.68. The molecular formula is C22H20F3N4O6PS. The van der Waals surface area contributed by atoms with E-state index in [2.05, 4.69) is 15.0 Å². The summed E-state index contributed by atoms with van der Waals surface area (Å²) < 4.78 is 62.2. The number of carbonyl (C=O) groups excluding carboxylic acids is 3. The van der Waals surface area contributed by atoms with Gasteiger partial charge in [-0.25, -0.2) is 4.98 Å².